The maximum Gasteiger partial charge on any atom is 0.321 e. The number of urea groups is 1. The van der Waals surface area contributed by atoms with E-state index in [1.165, 1.54) is 4.90 Å². The molecule has 1 atom stereocenters. The fourth-order valence-corrected chi connectivity index (χ4v) is 4.54. The van der Waals surface area contributed by atoms with Crippen LogP contribution in [0.15, 0.2) is 22.7 Å². The molecule has 8 heteroatoms. The van der Waals surface area contributed by atoms with Gasteiger partial charge in [-0.1, -0.05) is 27.5 Å². The summed E-state index contributed by atoms with van der Waals surface area (Å²) in [5, 5.41) is 3.10. The minimum absolute atomic E-state index is 0.0188. The molecule has 0 spiro atoms. The lowest BCUT2D eigenvalue weighted by Crippen LogP contribution is -2.40. The van der Waals surface area contributed by atoms with Crippen LogP contribution in [0.4, 0.5) is 10.5 Å². The quantitative estimate of drug-likeness (QED) is 0.856. The Balaban J connectivity index is 2.05. The highest BCUT2D eigenvalue weighted by Crippen LogP contribution is 2.26. The van der Waals surface area contributed by atoms with Crippen LogP contribution in [0.3, 0.4) is 0 Å². The van der Waals surface area contributed by atoms with E-state index in [4.69, 9.17) is 11.6 Å². The van der Waals surface area contributed by atoms with Gasteiger partial charge in [0.25, 0.3) is 0 Å². The fourth-order valence-electron chi connectivity index (χ4n) is 2.04. The van der Waals surface area contributed by atoms with Gasteiger partial charge in [0.2, 0.25) is 0 Å². The third-order valence-electron chi connectivity index (χ3n) is 3.25. The van der Waals surface area contributed by atoms with Crippen molar-refractivity contribution in [3.63, 3.8) is 0 Å². The van der Waals surface area contributed by atoms with Crippen LogP contribution in [0.1, 0.15) is 6.42 Å². The average molecular weight is 382 g/mol. The molecule has 1 aromatic rings. The maximum atomic E-state index is 12.1. The van der Waals surface area contributed by atoms with Crippen LogP contribution in [0.2, 0.25) is 5.02 Å². The number of anilines is 1. The first-order valence-corrected chi connectivity index (χ1v) is 8.97. The standard InChI is InChI=1S/C12H14BrClN2O3S/c1-16(9-4-5-20(18,19)7-9)12(17)15-11-3-2-8(13)6-10(11)14/h2-3,6,9H,4-5,7H2,1H3,(H,15,17). The van der Waals surface area contributed by atoms with Crippen LogP contribution >= 0.6 is 27.5 Å². The van der Waals surface area contributed by atoms with Crippen molar-refractivity contribution < 1.29 is 13.2 Å². The van der Waals surface area contributed by atoms with Crippen molar-refractivity contribution in [2.75, 3.05) is 23.9 Å². The predicted molar refractivity (Wildman–Crippen MR) is 83.0 cm³/mol. The highest BCUT2D eigenvalue weighted by molar-refractivity contribution is 9.10. The third kappa shape index (κ3) is 3.65. The Kier molecular flexibility index (Phi) is 4.61. The first-order chi connectivity index (χ1) is 9.28. The van der Waals surface area contributed by atoms with Crippen molar-refractivity contribution in [1.29, 1.82) is 0 Å². The van der Waals surface area contributed by atoms with Gasteiger partial charge in [0.15, 0.2) is 9.84 Å². The van der Waals surface area contributed by atoms with E-state index < -0.39 is 9.84 Å². The highest BCUT2D eigenvalue weighted by atomic mass is 79.9. The minimum Gasteiger partial charge on any atom is -0.324 e. The number of nitrogens with one attached hydrogen (secondary N) is 1. The Morgan fingerprint density at radius 3 is 2.75 bits per heavy atom. The molecule has 0 saturated carbocycles. The van der Waals surface area contributed by atoms with Crippen LogP contribution in [0, 0.1) is 0 Å². The second-order valence-electron chi connectivity index (χ2n) is 4.72. The van der Waals surface area contributed by atoms with Crippen molar-refractivity contribution in [3.8, 4) is 0 Å². The van der Waals surface area contributed by atoms with E-state index in [2.05, 4.69) is 21.2 Å². The summed E-state index contributed by atoms with van der Waals surface area (Å²) in [5.74, 6) is 0.152. The minimum atomic E-state index is -3.01. The van der Waals surface area contributed by atoms with E-state index in [1.807, 2.05) is 0 Å². The number of rotatable bonds is 2. The normalized spacial score (nSPS) is 20.6. The smallest absolute Gasteiger partial charge is 0.321 e. The molecule has 1 heterocycles. The lowest BCUT2D eigenvalue weighted by atomic mass is 10.2. The number of carbonyl (C=O) groups excluding carboxylic acids is 1. The average Bonchev–Trinajstić information content (AvgIpc) is 2.72. The SMILES string of the molecule is CN(C(=O)Nc1ccc(Br)cc1Cl)C1CCS(=O)(=O)C1. The Hall–Kier alpha value is -0.790. The van der Waals surface area contributed by atoms with Crippen LogP contribution in [-0.2, 0) is 9.84 Å². The van der Waals surface area contributed by atoms with Gasteiger partial charge in [-0.3, -0.25) is 0 Å². The molecule has 1 N–H and O–H groups in total. The summed E-state index contributed by atoms with van der Waals surface area (Å²) in [6.07, 6.45) is 0.473. The van der Waals surface area contributed by atoms with Gasteiger partial charge in [-0.05, 0) is 24.6 Å². The van der Waals surface area contributed by atoms with E-state index in [-0.39, 0.29) is 23.6 Å². The number of carbonyl (C=O) groups is 1. The molecule has 2 amide bonds. The number of amides is 2. The van der Waals surface area contributed by atoms with Gasteiger partial charge >= 0.3 is 6.03 Å². The summed E-state index contributed by atoms with van der Waals surface area (Å²) >= 11 is 9.31. The van der Waals surface area contributed by atoms with Crippen molar-refractivity contribution in [3.05, 3.63) is 27.7 Å². The second kappa shape index (κ2) is 5.91. The van der Waals surface area contributed by atoms with Gasteiger partial charge < -0.3 is 10.2 Å². The summed E-state index contributed by atoms with van der Waals surface area (Å²) in [4.78, 5) is 13.5. The molecule has 110 valence electrons. The molecule has 0 bridgehead atoms. The number of nitrogens with zero attached hydrogens (tertiary/aromatic N) is 1. The summed E-state index contributed by atoms with van der Waals surface area (Å²) in [6.45, 7) is 0. The number of benzene rings is 1. The van der Waals surface area contributed by atoms with Crippen LogP contribution < -0.4 is 5.32 Å². The number of halogens is 2. The molecule has 5 nitrogen and oxygen atoms in total. The Bertz CT molecular complexity index is 636. The van der Waals surface area contributed by atoms with Gasteiger partial charge in [0.05, 0.1) is 22.2 Å². The molecule has 20 heavy (non-hydrogen) atoms. The van der Waals surface area contributed by atoms with Crippen molar-refractivity contribution in [1.82, 2.24) is 4.90 Å². The molecule has 1 aliphatic heterocycles. The monoisotopic (exact) mass is 380 g/mol. The maximum absolute atomic E-state index is 12.1. The summed E-state index contributed by atoms with van der Waals surface area (Å²) in [7, 11) is -1.42. The molecule has 2 rings (SSSR count). The molecule has 1 aromatic carbocycles. The zero-order valence-electron chi connectivity index (χ0n) is 10.8. The van der Waals surface area contributed by atoms with Gasteiger partial charge in [0, 0.05) is 17.6 Å². The first kappa shape index (κ1) is 15.6. The second-order valence-corrected chi connectivity index (χ2v) is 8.27. The lowest BCUT2D eigenvalue weighted by molar-refractivity contribution is 0.209. The molecule has 1 saturated heterocycles. The largest absolute Gasteiger partial charge is 0.324 e. The summed E-state index contributed by atoms with van der Waals surface area (Å²) in [6, 6.07) is 4.48. The summed E-state index contributed by atoms with van der Waals surface area (Å²) in [5.41, 5.74) is 0.493. The molecule has 1 fully saturated rings. The molecular formula is C12H14BrClN2O3S. The van der Waals surface area contributed by atoms with Crippen molar-refractivity contribution in [2.24, 2.45) is 0 Å². The van der Waals surface area contributed by atoms with Crippen LogP contribution in [0.25, 0.3) is 0 Å². The molecule has 0 radical (unpaired) electrons. The third-order valence-corrected chi connectivity index (χ3v) is 5.81. The number of hydrogen-bond acceptors (Lipinski definition) is 3. The Morgan fingerprint density at radius 1 is 1.50 bits per heavy atom. The molecule has 0 aliphatic carbocycles. The van der Waals surface area contributed by atoms with Crippen molar-refractivity contribution in [2.45, 2.75) is 12.5 Å². The lowest BCUT2D eigenvalue weighted by Gasteiger charge is -2.24. The predicted octanol–water partition coefficient (Wildman–Crippen LogP) is 2.75. The van der Waals surface area contributed by atoms with E-state index in [0.717, 1.165) is 4.47 Å². The molecular weight excluding hydrogens is 368 g/mol. The highest BCUT2D eigenvalue weighted by Gasteiger charge is 2.32. The van der Waals surface area contributed by atoms with Gasteiger partial charge in [-0.15, -0.1) is 0 Å². The molecule has 1 unspecified atom stereocenters. The summed E-state index contributed by atoms with van der Waals surface area (Å²) < 4.78 is 23.7. The molecule has 1 aliphatic rings. The van der Waals surface area contributed by atoms with Crippen molar-refractivity contribution >= 4 is 49.1 Å². The zero-order chi connectivity index (χ0) is 14.9. The van der Waals surface area contributed by atoms with E-state index in [9.17, 15) is 13.2 Å². The van der Waals surface area contributed by atoms with E-state index >= 15 is 0 Å². The molecule has 0 aromatic heterocycles. The van der Waals surface area contributed by atoms with Gasteiger partial charge in [-0.25, -0.2) is 13.2 Å². The van der Waals surface area contributed by atoms with Crippen LogP contribution in [0.5, 0.6) is 0 Å². The van der Waals surface area contributed by atoms with E-state index in [0.29, 0.717) is 17.1 Å². The number of sulfone groups is 1. The fraction of sp³-hybridized carbons (Fsp3) is 0.417. The number of hydrogen-bond donors (Lipinski definition) is 1. The van der Waals surface area contributed by atoms with Crippen LogP contribution in [-0.4, -0.2) is 43.9 Å². The van der Waals surface area contributed by atoms with Gasteiger partial charge in [0.1, 0.15) is 0 Å². The van der Waals surface area contributed by atoms with Gasteiger partial charge in [-0.2, -0.15) is 0 Å². The van der Waals surface area contributed by atoms with E-state index in [1.54, 1.807) is 25.2 Å². The zero-order valence-corrected chi connectivity index (χ0v) is 13.9. The Labute approximate surface area is 131 Å². The Morgan fingerprint density at radius 2 is 2.20 bits per heavy atom. The topological polar surface area (TPSA) is 66.5 Å². The first-order valence-electron chi connectivity index (χ1n) is 5.98.